The molecule has 0 saturated heterocycles. The zero-order valence-corrected chi connectivity index (χ0v) is 18.8. The summed E-state index contributed by atoms with van der Waals surface area (Å²) in [5.41, 5.74) is -0.147. The van der Waals surface area contributed by atoms with Gasteiger partial charge in [0.15, 0.2) is 0 Å². The van der Waals surface area contributed by atoms with Gasteiger partial charge in [0.2, 0.25) is 0 Å². The van der Waals surface area contributed by atoms with Crippen molar-refractivity contribution >= 4 is 28.4 Å². The maximum Gasteiger partial charge on any atom is 0.433 e. The van der Waals surface area contributed by atoms with Crippen LogP contribution in [-0.2, 0) is 6.18 Å². The van der Waals surface area contributed by atoms with Crippen molar-refractivity contribution < 1.29 is 22.7 Å². The van der Waals surface area contributed by atoms with Gasteiger partial charge < -0.3 is 10.1 Å². The van der Waals surface area contributed by atoms with Crippen molar-refractivity contribution in [1.82, 2.24) is 10.3 Å². The number of ether oxygens (including phenoxy) is 1. The van der Waals surface area contributed by atoms with Crippen LogP contribution in [0.5, 0.6) is 5.75 Å². The quantitative estimate of drug-likeness (QED) is 0.447. The fourth-order valence-electron chi connectivity index (χ4n) is 4.28. The average Bonchev–Trinajstić information content (AvgIpc) is 2.79. The van der Waals surface area contributed by atoms with Gasteiger partial charge >= 0.3 is 6.18 Å². The molecule has 1 aliphatic carbocycles. The second kappa shape index (κ2) is 9.59. The van der Waals surface area contributed by atoms with Crippen LogP contribution in [-0.4, -0.2) is 23.0 Å². The summed E-state index contributed by atoms with van der Waals surface area (Å²) in [5.74, 6) is 0.321. The molecule has 1 heterocycles. The highest BCUT2D eigenvalue weighted by Gasteiger charge is 2.34. The number of fused-ring (bicyclic) bond motifs is 1. The minimum absolute atomic E-state index is 0.0345. The maximum atomic E-state index is 13.3. The van der Waals surface area contributed by atoms with Gasteiger partial charge in [0.1, 0.15) is 11.4 Å². The van der Waals surface area contributed by atoms with Crippen LogP contribution in [0.2, 0.25) is 5.02 Å². The molecule has 8 heteroatoms. The van der Waals surface area contributed by atoms with Gasteiger partial charge in [-0.15, -0.1) is 0 Å². The molecule has 0 radical (unpaired) electrons. The average molecular weight is 477 g/mol. The molecule has 3 aromatic rings. The number of para-hydroxylation sites is 1. The largest absolute Gasteiger partial charge is 0.490 e. The summed E-state index contributed by atoms with van der Waals surface area (Å²) in [4.78, 5) is 16.2. The van der Waals surface area contributed by atoms with Gasteiger partial charge in [0, 0.05) is 28.1 Å². The van der Waals surface area contributed by atoms with Gasteiger partial charge in [-0.3, -0.25) is 4.79 Å². The van der Waals surface area contributed by atoms with Crippen molar-refractivity contribution in [2.75, 3.05) is 0 Å². The van der Waals surface area contributed by atoms with Gasteiger partial charge in [-0.05, 0) is 74.9 Å². The lowest BCUT2D eigenvalue weighted by Crippen LogP contribution is -2.40. The Morgan fingerprint density at radius 3 is 2.42 bits per heavy atom. The van der Waals surface area contributed by atoms with Crippen LogP contribution in [0.4, 0.5) is 13.2 Å². The first-order valence-electron chi connectivity index (χ1n) is 10.9. The Morgan fingerprint density at radius 2 is 1.76 bits per heavy atom. The minimum atomic E-state index is -4.54. The van der Waals surface area contributed by atoms with Gasteiger partial charge in [-0.25, -0.2) is 4.98 Å². The zero-order chi connectivity index (χ0) is 23.6. The van der Waals surface area contributed by atoms with Crippen LogP contribution < -0.4 is 10.1 Å². The highest BCUT2D eigenvalue weighted by molar-refractivity contribution is 6.30. The first-order valence-corrected chi connectivity index (χ1v) is 11.3. The van der Waals surface area contributed by atoms with Gasteiger partial charge in [-0.2, -0.15) is 13.2 Å². The predicted molar refractivity (Wildman–Crippen MR) is 121 cm³/mol. The molecule has 4 rings (SSSR count). The minimum Gasteiger partial charge on any atom is -0.490 e. The molecule has 0 bridgehead atoms. The van der Waals surface area contributed by atoms with E-state index in [1.54, 1.807) is 48.5 Å². The molecule has 33 heavy (non-hydrogen) atoms. The van der Waals surface area contributed by atoms with E-state index in [0.29, 0.717) is 28.8 Å². The van der Waals surface area contributed by atoms with Gasteiger partial charge in [-0.1, -0.05) is 23.7 Å². The van der Waals surface area contributed by atoms with Crippen LogP contribution >= 0.6 is 11.6 Å². The molecular formula is C25H24ClF3N2O2. The summed E-state index contributed by atoms with van der Waals surface area (Å²) in [6.45, 7) is 1.98. The number of hydrogen-bond donors (Lipinski definition) is 1. The first-order chi connectivity index (χ1) is 15.7. The molecule has 1 aliphatic rings. The van der Waals surface area contributed by atoms with Crippen LogP contribution in [0.1, 0.15) is 48.7 Å². The lowest BCUT2D eigenvalue weighted by molar-refractivity contribution is -0.141. The first kappa shape index (κ1) is 23.4. The molecule has 1 unspecified atom stereocenters. The van der Waals surface area contributed by atoms with Crippen molar-refractivity contribution in [3.05, 3.63) is 70.9 Å². The van der Waals surface area contributed by atoms with Crippen LogP contribution in [0.15, 0.2) is 54.6 Å². The summed E-state index contributed by atoms with van der Waals surface area (Å²) < 4.78 is 46.0. The molecule has 0 aliphatic heterocycles. The van der Waals surface area contributed by atoms with Gasteiger partial charge in [0.05, 0.1) is 11.6 Å². The number of pyridine rings is 1. The van der Waals surface area contributed by atoms with Crippen molar-refractivity contribution in [2.45, 2.75) is 50.9 Å². The summed E-state index contributed by atoms with van der Waals surface area (Å²) in [6, 6.07) is 14.4. The number of nitrogens with one attached hydrogen (secondary N) is 1. The van der Waals surface area contributed by atoms with E-state index in [4.69, 9.17) is 16.3 Å². The highest BCUT2D eigenvalue weighted by Crippen LogP contribution is 2.36. The molecule has 4 nitrogen and oxygen atoms in total. The lowest BCUT2D eigenvalue weighted by Gasteiger charge is -2.33. The number of carbonyl (C=O) groups excluding carboxylic acids is 1. The van der Waals surface area contributed by atoms with E-state index in [9.17, 15) is 18.0 Å². The standard InChI is InChI=1S/C25H24ClF3N2O2/c1-15(30-24(32)17-6-10-18(26)11-7-17)16-8-12-19(13-9-16)33-22-14-23(25(27,28)29)31-21-5-3-2-4-20(21)22/h2-7,10-11,14-16,19H,8-9,12-13H2,1H3,(H,30,32). The third-order valence-electron chi connectivity index (χ3n) is 6.15. The molecule has 1 saturated carbocycles. The molecule has 1 amide bonds. The summed E-state index contributed by atoms with van der Waals surface area (Å²) in [5, 5.41) is 4.18. The van der Waals surface area contributed by atoms with E-state index in [0.717, 1.165) is 18.9 Å². The van der Waals surface area contributed by atoms with E-state index in [2.05, 4.69) is 10.3 Å². The number of aromatic nitrogens is 1. The van der Waals surface area contributed by atoms with E-state index in [1.165, 1.54) is 0 Å². The molecular weight excluding hydrogens is 453 g/mol. The SMILES string of the molecule is CC(NC(=O)c1ccc(Cl)cc1)C1CCC(Oc2cc(C(F)(F)F)nc3ccccc23)CC1. The van der Waals surface area contributed by atoms with Crippen LogP contribution in [0.25, 0.3) is 10.9 Å². The molecule has 1 N–H and O–H groups in total. The van der Waals surface area contributed by atoms with Crippen molar-refractivity contribution in [3.63, 3.8) is 0 Å². The zero-order valence-electron chi connectivity index (χ0n) is 18.0. The molecule has 0 spiro atoms. The topological polar surface area (TPSA) is 51.2 Å². The molecule has 1 fully saturated rings. The summed E-state index contributed by atoms with van der Waals surface area (Å²) >= 11 is 5.88. The maximum absolute atomic E-state index is 13.3. The number of alkyl halides is 3. The lowest BCUT2D eigenvalue weighted by atomic mass is 9.83. The number of halogens is 4. The highest BCUT2D eigenvalue weighted by atomic mass is 35.5. The number of carbonyl (C=O) groups is 1. The summed E-state index contributed by atoms with van der Waals surface area (Å²) in [7, 11) is 0. The third-order valence-corrected chi connectivity index (χ3v) is 6.41. The Morgan fingerprint density at radius 1 is 1.09 bits per heavy atom. The van der Waals surface area contributed by atoms with Crippen LogP contribution in [0, 0.1) is 5.92 Å². The molecule has 2 aromatic carbocycles. The Labute approximate surface area is 195 Å². The molecule has 1 atom stereocenters. The number of rotatable bonds is 5. The Hall–Kier alpha value is -2.80. The van der Waals surface area contributed by atoms with Crippen molar-refractivity contribution in [2.24, 2.45) is 5.92 Å². The van der Waals surface area contributed by atoms with Crippen LogP contribution in [0.3, 0.4) is 0 Å². The Kier molecular flexibility index (Phi) is 6.79. The normalized spacial score (nSPS) is 19.8. The second-order valence-corrected chi connectivity index (χ2v) is 8.88. The monoisotopic (exact) mass is 476 g/mol. The number of hydrogen-bond acceptors (Lipinski definition) is 3. The Balaban J connectivity index is 1.39. The van der Waals surface area contributed by atoms with E-state index >= 15 is 0 Å². The Bertz CT molecular complexity index is 1130. The van der Waals surface area contributed by atoms with Gasteiger partial charge in [0.25, 0.3) is 5.91 Å². The van der Waals surface area contributed by atoms with E-state index < -0.39 is 11.9 Å². The number of benzene rings is 2. The molecule has 174 valence electrons. The van der Waals surface area contributed by atoms with Crippen molar-refractivity contribution in [1.29, 1.82) is 0 Å². The second-order valence-electron chi connectivity index (χ2n) is 8.44. The molecule has 1 aromatic heterocycles. The van der Waals surface area contributed by atoms with Crippen molar-refractivity contribution in [3.8, 4) is 5.75 Å². The fraction of sp³-hybridized carbons (Fsp3) is 0.360. The predicted octanol–water partition coefficient (Wildman–Crippen LogP) is 6.66. The third kappa shape index (κ3) is 5.58. The fourth-order valence-corrected chi connectivity index (χ4v) is 4.41. The smallest absolute Gasteiger partial charge is 0.433 e. The van der Waals surface area contributed by atoms with E-state index in [-0.39, 0.29) is 35.2 Å². The number of nitrogens with zero attached hydrogens (tertiary/aromatic N) is 1. The number of amides is 1. The van der Waals surface area contributed by atoms with E-state index in [1.807, 2.05) is 6.92 Å². The summed E-state index contributed by atoms with van der Waals surface area (Å²) in [6.07, 6.45) is -1.72.